The molecular weight excluding hydrogens is 483 g/mol. The van der Waals surface area contributed by atoms with Gasteiger partial charge in [-0.25, -0.2) is 9.49 Å². The topological polar surface area (TPSA) is 86.4 Å². The average molecular weight is 513 g/mol. The van der Waals surface area contributed by atoms with Gasteiger partial charge in [0.15, 0.2) is 0 Å². The van der Waals surface area contributed by atoms with Crippen LogP contribution in [-0.2, 0) is 24.1 Å². The van der Waals surface area contributed by atoms with Gasteiger partial charge >= 0.3 is 0 Å². The number of piperazine rings is 1. The van der Waals surface area contributed by atoms with Gasteiger partial charge in [-0.1, -0.05) is 55.5 Å². The van der Waals surface area contributed by atoms with Crippen LogP contribution in [0.25, 0.3) is 10.8 Å². The number of aromatic nitrogens is 2. The van der Waals surface area contributed by atoms with E-state index in [4.69, 9.17) is 0 Å². The van der Waals surface area contributed by atoms with Crippen molar-refractivity contribution in [1.82, 2.24) is 20.0 Å². The lowest BCUT2D eigenvalue weighted by Gasteiger charge is -2.35. The molecule has 8 heteroatoms. The maximum absolute atomic E-state index is 14.8. The maximum Gasteiger partial charge on any atom is 0.272 e. The Labute approximate surface area is 219 Å². The number of rotatable bonds is 6. The van der Waals surface area contributed by atoms with E-state index in [9.17, 15) is 18.8 Å². The standard InChI is InChI=1S/C30H29FN4O3/c1-2-20-6-5-7-21(16-20)19-28(36)34-12-14-35(15-13-34)30(38)25-17-22(10-11-26(25)31)18-27-23-8-3-4-9-24(23)29(37)33-32-27/h3-11,16-17H,2,12-15,18-19H2,1H3,(H,33,37). The molecule has 4 aromatic rings. The fourth-order valence-electron chi connectivity index (χ4n) is 4.92. The van der Waals surface area contributed by atoms with Crippen LogP contribution in [0, 0.1) is 5.82 Å². The molecule has 1 aliphatic rings. The van der Waals surface area contributed by atoms with Crippen LogP contribution in [0.3, 0.4) is 0 Å². The molecule has 2 amide bonds. The zero-order chi connectivity index (χ0) is 26.6. The minimum atomic E-state index is -0.590. The Bertz CT molecular complexity index is 1560. The Balaban J connectivity index is 1.26. The molecule has 0 unspecified atom stereocenters. The van der Waals surface area contributed by atoms with Crippen molar-refractivity contribution in [2.45, 2.75) is 26.2 Å². The van der Waals surface area contributed by atoms with E-state index < -0.39 is 11.7 Å². The van der Waals surface area contributed by atoms with Crippen molar-refractivity contribution in [3.63, 3.8) is 0 Å². The van der Waals surface area contributed by atoms with Gasteiger partial charge in [-0.3, -0.25) is 14.4 Å². The fourth-order valence-corrected chi connectivity index (χ4v) is 4.92. The van der Waals surface area contributed by atoms with E-state index in [-0.39, 0.29) is 17.0 Å². The lowest BCUT2D eigenvalue weighted by Crippen LogP contribution is -2.51. The minimum Gasteiger partial charge on any atom is -0.339 e. The summed E-state index contributed by atoms with van der Waals surface area (Å²) in [5.41, 5.74) is 3.25. The zero-order valence-electron chi connectivity index (χ0n) is 21.2. The van der Waals surface area contributed by atoms with Gasteiger partial charge in [0.1, 0.15) is 5.82 Å². The maximum atomic E-state index is 14.8. The highest BCUT2D eigenvalue weighted by Gasteiger charge is 2.26. The fraction of sp³-hybridized carbons (Fsp3) is 0.267. The Morgan fingerprint density at radius 3 is 2.34 bits per heavy atom. The van der Waals surface area contributed by atoms with Gasteiger partial charge in [0.05, 0.1) is 23.1 Å². The quantitative estimate of drug-likeness (QED) is 0.427. The van der Waals surface area contributed by atoms with Crippen LogP contribution in [-0.4, -0.2) is 58.0 Å². The van der Waals surface area contributed by atoms with Crippen LogP contribution >= 0.6 is 0 Å². The van der Waals surface area contributed by atoms with Crippen molar-refractivity contribution in [1.29, 1.82) is 0 Å². The molecule has 38 heavy (non-hydrogen) atoms. The number of benzene rings is 3. The molecule has 0 atom stereocenters. The predicted octanol–water partition coefficient (Wildman–Crippen LogP) is 3.74. The molecule has 1 N–H and O–H groups in total. The molecule has 2 heterocycles. The smallest absolute Gasteiger partial charge is 0.272 e. The summed E-state index contributed by atoms with van der Waals surface area (Å²) in [7, 11) is 0. The Kier molecular flexibility index (Phi) is 7.31. The van der Waals surface area contributed by atoms with E-state index in [0.29, 0.717) is 55.7 Å². The third-order valence-corrected chi connectivity index (χ3v) is 7.08. The SMILES string of the molecule is CCc1cccc(CC(=O)N2CCN(C(=O)c3cc(Cc4n[nH]c(=O)c5ccccc45)ccc3F)CC2)c1. The molecule has 7 nitrogen and oxygen atoms in total. The second-order valence-corrected chi connectivity index (χ2v) is 9.56. The summed E-state index contributed by atoms with van der Waals surface area (Å²) in [6.45, 7) is 3.59. The average Bonchev–Trinajstić information content (AvgIpc) is 2.95. The second kappa shape index (κ2) is 11.0. The molecule has 1 aliphatic heterocycles. The Hall–Kier alpha value is -4.33. The van der Waals surface area contributed by atoms with Gasteiger partial charge in [0, 0.05) is 38.0 Å². The van der Waals surface area contributed by atoms with Crippen LogP contribution in [0.1, 0.15) is 39.7 Å². The largest absolute Gasteiger partial charge is 0.339 e. The number of H-pyrrole nitrogens is 1. The van der Waals surface area contributed by atoms with Gasteiger partial charge in [-0.05, 0) is 41.3 Å². The molecule has 0 aliphatic carbocycles. The molecule has 1 fully saturated rings. The minimum absolute atomic E-state index is 0.00705. The van der Waals surface area contributed by atoms with Crippen LogP contribution in [0.15, 0.2) is 71.5 Å². The van der Waals surface area contributed by atoms with E-state index in [2.05, 4.69) is 23.2 Å². The molecule has 194 valence electrons. The van der Waals surface area contributed by atoms with Crippen LogP contribution < -0.4 is 5.56 Å². The normalized spacial score (nSPS) is 13.6. The molecular formula is C30H29FN4O3. The van der Waals surface area contributed by atoms with Crippen molar-refractivity contribution in [2.24, 2.45) is 0 Å². The predicted molar refractivity (Wildman–Crippen MR) is 144 cm³/mol. The number of amides is 2. The monoisotopic (exact) mass is 512 g/mol. The summed E-state index contributed by atoms with van der Waals surface area (Å²) in [5.74, 6) is -0.960. The lowest BCUT2D eigenvalue weighted by molar-refractivity contribution is -0.131. The van der Waals surface area contributed by atoms with Gasteiger partial charge < -0.3 is 9.80 Å². The molecule has 0 bridgehead atoms. The number of carbonyl (C=O) groups excluding carboxylic acids is 2. The number of nitrogens with zero attached hydrogens (tertiary/aromatic N) is 3. The van der Waals surface area contributed by atoms with E-state index in [1.165, 1.54) is 11.6 Å². The van der Waals surface area contributed by atoms with Gasteiger partial charge in [-0.15, -0.1) is 0 Å². The van der Waals surface area contributed by atoms with Crippen LogP contribution in [0.4, 0.5) is 4.39 Å². The lowest BCUT2D eigenvalue weighted by atomic mass is 10.0. The third-order valence-electron chi connectivity index (χ3n) is 7.08. The zero-order valence-corrected chi connectivity index (χ0v) is 21.2. The van der Waals surface area contributed by atoms with Crippen molar-refractivity contribution >= 4 is 22.6 Å². The van der Waals surface area contributed by atoms with Crippen molar-refractivity contribution < 1.29 is 14.0 Å². The number of aryl methyl sites for hydroxylation is 1. The first kappa shape index (κ1) is 25.3. The van der Waals surface area contributed by atoms with E-state index >= 15 is 0 Å². The molecule has 5 rings (SSSR count). The van der Waals surface area contributed by atoms with Crippen molar-refractivity contribution in [3.05, 3.63) is 111 Å². The van der Waals surface area contributed by atoms with E-state index in [1.54, 1.807) is 34.1 Å². The van der Waals surface area contributed by atoms with Gasteiger partial charge in [-0.2, -0.15) is 5.10 Å². The first-order valence-corrected chi connectivity index (χ1v) is 12.8. The number of halogens is 1. The van der Waals surface area contributed by atoms with Crippen LogP contribution in [0.5, 0.6) is 0 Å². The summed E-state index contributed by atoms with van der Waals surface area (Å²) in [5, 5.41) is 7.95. The number of carbonyl (C=O) groups is 2. The molecule has 0 radical (unpaired) electrons. The first-order valence-electron chi connectivity index (χ1n) is 12.8. The summed E-state index contributed by atoms with van der Waals surface area (Å²) < 4.78 is 14.8. The first-order chi connectivity index (χ1) is 18.4. The Morgan fingerprint density at radius 1 is 0.868 bits per heavy atom. The second-order valence-electron chi connectivity index (χ2n) is 9.56. The number of hydrogen-bond donors (Lipinski definition) is 1. The third kappa shape index (κ3) is 5.34. The van der Waals surface area contributed by atoms with Gasteiger partial charge in [0.25, 0.3) is 11.5 Å². The van der Waals surface area contributed by atoms with Crippen molar-refractivity contribution in [3.8, 4) is 0 Å². The molecule has 0 spiro atoms. The molecule has 0 saturated carbocycles. The molecule has 1 aromatic heterocycles. The number of hydrogen-bond acceptors (Lipinski definition) is 4. The number of nitrogens with one attached hydrogen (secondary N) is 1. The van der Waals surface area contributed by atoms with Crippen LogP contribution in [0.2, 0.25) is 0 Å². The molecule has 1 saturated heterocycles. The highest BCUT2D eigenvalue weighted by molar-refractivity contribution is 5.95. The van der Waals surface area contributed by atoms with Crippen molar-refractivity contribution in [2.75, 3.05) is 26.2 Å². The van der Waals surface area contributed by atoms with E-state index in [1.807, 2.05) is 30.3 Å². The summed E-state index contributed by atoms with van der Waals surface area (Å²) in [6.07, 6.45) is 1.57. The highest BCUT2D eigenvalue weighted by atomic mass is 19.1. The van der Waals surface area contributed by atoms with E-state index in [0.717, 1.165) is 17.4 Å². The summed E-state index contributed by atoms with van der Waals surface area (Å²) in [6, 6.07) is 19.7. The van der Waals surface area contributed by atoms with Gasteiger partial charge in [0.2, 0.25) is 5.91 Å². The molecule has 3 aromatic carbocycles. The summed E-state index contributed by atoms with van der Waals surface area (Å²) in [4.78, 5) is 41.5. The summed E-state index contributed by atoms with van der Waals surface area (Å²) >= 11 is 0. The highest BCUT2D eigenvalue weighted by Crippen LogP contribution is 2.20. The Morgan fingerprint density at radius 2 is 1.58 bits per heavy atom. The number of fused-ring (bicyclic) bond motifs is 1. The number of aromatic amines is 1.